The quantitative estimate of drug-likeness (QED) is 0.476. The molecule has 2 nitrogen and oxygen atoms in total. The molecule has 0 radical (unpaired) electrons. The molecule has 0 aliphatic rings. The van der Waals surface area contributed by atoms with E-state index in [1.807, 2.05) is 17.6 Å². The molecule has 0 aliphatic heterocycles. The molecule has 0 N–H and O–H groups in total. The fourth-order valence-corrected chi connectivity index (χ4v) is 2.82. The van der Waals surface area contributed by atoms with Crippen LogP contribution in [0.5, 0.6) is 0 Å². The van der Waals surface area contributed by atoms with Crippen LogP contribution in [0.2, 0.25) is 0 Å². The fraction of sp³-hybridized carbons (Fsp3) is 0.400. The van der Waals surface area contributed by atoms with Gasteiger partial charge in [0.05, 0.1) is 0 Å². The summed E-state index contributed by atoms with van der Waals surface area (Å²) in [6.07, 6.45) is 1.87. The van der Waals surface area contributed by atoms with Crippen LogP contribution in [0.15, 0.2) is 22.8 Å². The smallest absolute Gasteiger partial charge is 0.189 e. The van der Waals surface area contributed by atoms with Gasteiger partial charge in [-0.3, -0.25) is 0 Å². The van der Waals surface area contributed by atoms with E-state index in [9.17, 15) is 0 Å². The monoisotopic (exact) mass is 258 g/mol. The molecule has 2 aromatic rings. The Kier molecular flexibility index (Phi) is 3.19. The lowest BCUT2D eigenvalue weighted by Gasteiger charge is -2.18. The lowest BCUT2D eigenvalue weighted by Crippen LogP contribution is -2.16. The highest BCUT2D eigenvalue weighted by Crippen LogP contribution is 2.32. The van der Waals surface area contributed by atoms with Gasteiger partial charge in [0, 0.05) is 22.2 Å². The van der Waals surface area contributed by atoms with Crippen LogP contribution in [0.1, 0.15) is 13.8 Å². The Labute approximate surface area is 102 Å². The number of aromatic nitrogens is 2. The van der Waals surface area contributed by atoms with Crippen LogP contribution in [0, 0.1) is 0 Å². The summed E-state index contributed by atoms with van der Waals surface area (Å²) in [6.45, 7) is 4.18. The normalized spacial score (nSPS) is 12.2. The molecular weight excluding hydrogens is 248 g/mol. The van der Waals surface area contributed by atoms with Crippen LogP contribution >= 0.6 is 34.7 Å². The third-order valence-electron chi connectivity index (χ3n) is 1.87. The predicted molar refractivity (Wildman–Crippen MR) is 68.1 cm³/mol. The van der Waals surface area contributed by atoms with Crippen LogP contribution < -0.4 is 0 Å². The van der Waals surface area contributed by atoms with E-state index in [4.69, 9.17) is 11.6 Å². The predicted octanol–water partition coefficient (Wildman–Crippen LogP) is 3.80. The number of thiophene rings is 1. The van der Waals surface area contributed by atoms with Gasteiger partial charge in [0.2, 0.25) is 0 Å². The minimum absolute atomic E-state index is 0.0213. The van der Waals surface area contributed by atoms with Crippen molar-refractivity contribution >= 4 is 44.9 Å². The molecular formula is C10H11ClN2S2. The average molecular weight is 259 g/mol. The molecule has 0 aromatic carbocycles. The summed E-state index contributed by atoms with van der Waals surface area (Å²) >= 11 is 9.12. The maximum atomic E-state index is 5.87. The minimum Gasteiger partial charge on any atom is -0.230 e. The van der Waals surface area contributed by atoms with Crippen molar-refractivity contribution in [1.29, 1.82) is 0 Å². The molecule has 15 heavy (non-hydrogen) atoms. The van der Waals surface area contributed by atoms with Crippen molar-refractivity contribution in [3.05, 3.63) is 17.6 Å². The van der Waals surface area contributed by atoms with E-state index < -0.39 is 0 Å². The van der Waals surface area contributed by atoms with Crippen molar-refractivity contribution in [3.63, 3.8) is 0 Å². The molecule has 0 unspecified atom stereocenters. The standard InChI is InChI=1S/C10H11ClN2S2/c1-10(2,6-11)15-9-12-5-7-3-4-14-8(7)13-9/h3-5H,6H2,1-2H3. The maximum Gasteiger partial charge on any atom is 0.189 e. The summed E-state index contributed by atoms with van der Waals surface area (Å²) in [4.78, 5) is 9.83. The van der Waals surface area contributed by atoms with E-state index in [0.717, 1.165) is 15.4 Å². The fourth-order valence-electron chi connectivity index (χ4n) is 1.06. The molecule has 2 rings (SSSR count). The van der Waals surface area contributed by atoms with Crippen molar-refractivity contribution < 1.29 is 0 Å². The van der Waals surface area contributed by atoms with Crippen LogP contribution in [-0.4, -0.2) is 20.6 Å². The van der Waals surface area contributed by atoms with Crippen molar-refractivity contribution in [1.82, 2.24) is 9.97 Å². The highest BCUT2D eigenvalue weighted by Gasteiger charge is 2.19. The Hall–Kier alpha value is -0.320. The van der Waals surface area contributed by atoms with E-state index in [0.29, 0.717) is 5.88 Å². The van der Waals surface area contributed by atoms with Crippen molar-refractivity contribution in [3.8, 4) is 0 Å². The molecule has 2 heterocycles. The van der Waals surface area contributed by atoms with Crippen LogP contribution in [-0.2, 0) is 0 Å². The van der Waals surface area contributed by atoms with Crippen molar-refractivity contribution in [2.45, 2.75) is 23.8 Å². The van der Waals surface area contributed by atoms with E-state index in [1.54, 1.807) is 23.1 Å². The number of nitrogens with zero attached hydrogens (tertiary/aromatic N) is 2. The second kappa shape index (κ2) is 4.28. The van der Waals surface area contributed by atoms with Crippen LogP contribution in [0.4, 0.5) is 0 Å². The molecule has 5 heteroatoms. The first-order valence-corrected chi connectivity index (χ1v) is 6.79. The number of thioether (sulfide) groups is 1. The first kappa shape index (κ1) is 11.2. The van der Waals surface area contributed by atoms with Gasteiger partial charge in [0.25, 0.3) is 0 Å². The van der Waals surface area contributed by atoms with E-state index in [-0.39, 0.29) is 4.75 Å². The number of hydrogen-bond donors (Lipinski definition) is 0. The van der Waals surface area contributed by atoms with Gasteiger partial charge in [0.15, 0.2) is 5.16 Å². The van der Waals surface area contributed by atoms with Crippen LogP contribution in [0.3, 0.4) is 0 Å². The molecule has 2 aromatic heterocycles. The summed E-state index contributed by atoms with van der Waals surface area (Å²) in [5, 5.41) is 3.93. The van der Waals surface area contributed by atoms with Gasteiger partial charge in [-0.2, -0.15) is 0 Å². The first-order valence-electron chi connectivity index (χ1n) is 4.56. The Morgan fingerprint density at radius 3 is 3.07 bits per heavy atom. The number of alkyl halides is 1. The Bertz CT molecular complexity index is 467. The van der Waals surface area contributed by atoms with E-state index in [2.05, 4.69) is 23.8 Å². The number of fused-ring (bicyclic) bond motifs is 1. The summed E-state index contributed by atoms with van der Waals surface area (Å²) in [5.74, 6) is 0.587. The zero-order valence-electron chi connectivity index (χ0n) is 8.53. The van der Waals surface area contributed by atoms with Gasteiger partial charge in [-0.25, -0.2) is 9.97 Å². The van der Waals surface area contributed by atoms with E-state index in [1.165, 1.54) is 0 Å². The molecule has 0 amide bonds. The lowest BCUT2D eigenvalue weighted by molar-refractivity contribution is 0.801. The third-order valence-corrected chi connectivity index (χ3v) is 4.60. The summed E-state index contributed by atoms with van der Waals surface area (Å²) in [6, 6.07) is 2.03. The van der Waals surface area contributed by atoms with Gasteiger partial charge in [-0.15, -0.1) is 22.9 Å². The number of hydrogen-bond acceptors (Lipinski definition) is 4. The zero-order chi connectivity index (χ0) is 10.9. The minimum atomic E-state index is -0.0213. The second-order valence-electron chi connectivity index (χ2n) is 3.83. The first-order chi connectivity index (χ1) is 7.11. The molecule has 0 fully saturated rings. The topological polar surface area (TPSA) is 25.8 Å². The lowest BCUT2D eigenvalue weighted by atomic mass is 10.2. The van der Waals surface area contributed by atoms with Gasteiger partial charge < -0.3 is 0 Å². The summed E-state index contributed by atoms with van der Waals surface area (Å²) in [7, 11) is 0. The third kappa shape index (κ3) is 2.62. The Morgan fingerprint density at radius 1 is 1.53 bits per heavy atom. The second-order valence-corrected chi connectivity index (χ2v) is 6.67. The molecule has 0 spiro atoms. The number of halogens is 1. The van der Waals surface area contributed by atoms with Crippen molar-refractivity contribution in [2.24, 2.45) is 0 Å². The zero-order valence-corrected chi connectivity index (χ0v) is 10.9. The van der Waals surface area contributed by atoms with Gasteiger partial charge >= 0.3 is 0 Å². The Balaban J connectivity index is 2.28. The van der Waals surface area contributed by atoms with Gasteiger partial charge in [-0.05, 0) is 25.3 Å². The molecule has 0 bridgehead atoms. The highest BCUT2D eigenvalue weighted by molar-refractivity contribution is 8.00. The molecule has 0 saturated carbocycles. The average Bonchev–Trinajstić information content (AvgIpc) is 2.64. The molecule has 0 aliphatic carbocycles. The largest absolute Gasteiger partial charge is 0.230 e. The molecule has 0 atom stereocenters. The van der Waals surface area contributed by atoms with E-state index >= 15 is 0 Å². The summed E-state index contributed by atoms with van der Waals surface area (Å²) < 4.78 is -0.0213. The van der Waals surface area contributed by atoms with Crippen LogP contribution in [0.25, 0.3) is 10.2 Å². The molecule has 80 valence electrons. The molecule has 0 saturated heterocycles. The number of rotatable bonds is 3. The highest BCUT2D eigenvalue weighted by atomic mass is 35.5. The van der Waals surface area contributed by atoms with Crippen molar-refractivity contribution in [2.75, 3.05) is 5.88 Å². The SMILES string of the molecule is CC(C)(CCl)Sc1ncc2ccsc2n1. The Morgan fingerprint density at radius 2 is 2.33 bits per heavy atom. The maximum absolute atomic E-state index is 5.87. The van der Waals surface area contributed by atoms with Gasteiger partial charge in [-0.1, -0.05) is 11.8 Å². The van der Waals surface area contributed by atoms with Gasteiger partial charge in [0.1, 0.15) is 4.83 Å². The summed E-state index contributed by atoms with van der Waals surface area (Å²) in [5.41, 5.74) is 0.